The molecule has 0 bridgehead atoms. The molecule has 19 heavy (non-hydrogen) atoms. The molecule has 2 N–H and O–H groups in total. The number of hydrogen-bond acceptors (Lipinski definition) is 4. The van der Waals surface area contributed by atoms with Gasteiger partial charge < -0.3 is 15.2 Å². The SMILES string of the molecule is Cc1ccc(OC(=O)COc2cccc(N)c2)cc1. The first-order chi connectivity index (χ1) is 9.13. The quantitative estimate of drug-likeness (QED) is 0.519. The number of rotatable bonds is 4. The minimum Gasteiger partial charge on any atom is -0.482 e. The van der Waals surface area contributed by atoms with Crippen LogP contribution in [0.2, 0.25) is 0 Å². The number of esters is 1. The predicted octanol–water partition coefficient (Wildman–Crippen LogP) is 2.56. The molecule has 4 nitrogen and oxygen atoms in total. The summed E-state index contributed by atoms with van der Waals surface area (Å²) in [5.41, 5.74) is 7.30. The first-order valence-electron chi connectivity index (χ1n) is 5.89. The number of anilines is 1. The Kier molecular flexibility index (Phi) is 4.03. The van der Waals surface area contributed by atoms with Gasteiger partial charge in [0, 0.05) is 11.8 Å². The van der Waals surface area contributed by atoms with E-state index in [1.807, 2.05) is 19.1 Å². The molecule has 0 amide bonds. The van der Waals surface area contributed by atoms with Crippen molar-refractivity contribution in [3.05, 3.63) is 54.1 Å². The van der Waals surface area contributed by atoms with Gasteiger partial charge in [0.25, 0.3) is 0 Å². The molecule has 0 saturated heterocycles. The monoisotopic (exact) mass is 257 g/mol. The zero-order valence-corrected chi connectivity index (χ0v) is 10.6. The Morgan fingerprint density at radius 2 is 1.84 bits per heavy atom. The zero-order chi connectivity index (χ0) is 13.7. The normalized spacial score (nSPS) is 9.95. The minimum absolute atomic E-state index is 0.155. The number of ether oxygens (including phenoxy) is 2. The van der Waals surface area contributed by atoms with Crippen LogP contribution < -0.4 is 15.2 Å². The Balaban J connectivity index is 1.86. The molecule has 0 radical (unpaired) electrons. The molecule has 0 aromatic heterocycles. The Labute approximate surface area is 111 Å². The van der Waals surface area contributed by atoms with E-state index in [2.05, 4.69) is 0 Å². The molecule has 2 aromatic carbocycles. The summed E-state index contributed by atoms with van der Waals surface area (Å²) < 4.78 is 10.4. The molecule has 0 spiro atoms. The Morgan fingerprint density at radius 1 is 1.11 bits per heavy atom. The first-order valence-corrected chi connectivity index (χ1v) is 5.89. The van der Waals surface area contributed by atoms with E-state index in [-0.39, 0.29) is 6.61 Å². The summed E-state index contributed by atoms with van der Waals surface area (Å²) in [4.78, 5) is 11.6. The highest BCUT2D eigenvalue weighted by atomic mass is 16.6. The van der Waals surface area contributed by atoms with Crippen LogP contribution in [-0.2, 0) is 4.79 Å². The maximum atomic E-state index is 11.6. The van der Waals surface area contributed by atoms with Crippen molar-refractivity contribution >= 4 is 11.7 Å². The van der Waals surface area contributed by atoms with Crippen molar-refractivity contribution in [3.8, 4) is 11.5 Å². The van der Waals surface area contributed by atoms with E-state index >= 15 is 0 Å². The lowest BCUT2D eigenvalue weighted by Crippen LogP contribution is -2.17. The fourth-order valence-electron chi connectivity index (χ4n) is 1.51. The molecule has 0 unspecified atom stereocenters. The van der Waals surface area contributed by atoms with Gasteiger partial charge >= 0.3 is 5.97 Å². The summed E-state index contributed by atoms with van der Waals surface area (Å²) >= 11 is 0. The van der Waals surface area contributed by atoms with E-state index in [0.29, 0.717) is 17.2 Å². The van der Waals surface area contributed by atoms with Crippen molar-refractivity contribution in [2.24, 2.45) is 0 Å². The molecule has 0 aliphatic rings. The highest BCUT2D eigenvalue weighted by Crippen LogP contribution is 2.15. The van der Waals surface area contributed by atoms with Crippen molar-refractivity contribution in [1.82, 2.24) is 0 Å². The average Bonchev–Trinajstić information content (AvgIpc) is 2.39. The van der Waals surface area contributed by atoms with Gasteiger partial charge in [-0.05, 0) is 31.2 Å². The number of nitrogen functional groups attached to an aromatic ring is 1. The van der Waals surface area contributed by atoms with Gasteiger partial charge in [-0.3, -0.25) is 0 Å². The highest BCUT2D eigenvalue weighted by Gasteiger charge is 2.06. The topological polar surface area (TPSA) is 61.5 Å². The number of benzene rings is 2. The molecular weight excluding hydrogens is 242 g/mol. The van der Waals surface area contributed by atoms with Crippen LogP contribution in [0.15, 0.2) is 48.5 Å². The number of carbonyl (C=O) groups excluding carboxylic acids is 1. The van der Waals surface area contributed by atoms with E-state index < -0.39 is 5.97 Å². The van der Waals surface area contributed by atoms with Crippen molar-refractivity contribution in [2.75, 3.05) is 12.3 Å². The van der Waals surface area contributed by atoms with E-state index in [1.54, 1.807) is 36.4 Å². The average molecular weight is 257 g/mol. The van der Waals surface area contributed by atoms with Crippen LogP contribution in [-0.4, -0.2) is 12.6 Å². The fraction of sp³-hybridized carbons (Fsp3) is 0.133. The van der Waals surface area contributed by atoms with Crippen LogP contribution in [0, 0.1) is 6.92 Å². The van der Waals surface area contributed by atoms with Crippen LogP contribution in [0.25, 0.3) is 0 Å². The third kappa shape index (κ3) is 4.03. The maximum absolute atomic E-state index is 11.6. The Bertz CT molecular complexity index is 564. The van der Waals surface area contributed by atoms with E-state index in [4.69, 9.17) is 15.2 Å². The summed E-state index contributed by atoms with van der Waals surface area (Å²) in [6.07, 6.45) is 0. The standard InChI is InChI=1S/C15H15NO3/c1-11-5-7-13(8-6-11)19-15(17)10-18-14-4-2-3-12(16)9-14/h2-9H,10,16H2,1H3. The van der Waals surface area contributed by atoms with Crippen LogP contribution in [0.1, 0.15) is 5.56 Å². The molecule has 4 heteroatoms. The number of hydrogen-bond donors (Lipinski definition) is 1. The summed E-state index contributed by atoms with van der Waals surface area (Å²) in [7, 11) is 0. The van der Waals surface area contributed by atoms with Gasteiger partial charge in [-0.1, -0.05) is 23.8 Å². The van der Waals surface area contributed by atoms with Gasteiger partial charge in [0.1, 0.15) is 11.5 Å². The Hall–Kier alpha value is -2.49. The smallest absolute Gasteiger partial charge is 0.349 e. The molecule has 0 aliphatic carbocycles. The summed E-state index contributed by atoms with van der Waals surface area (Å²) in [5, 5.41) is 0. The van der Waals surface area contributed by atoms with Gasteiger partial charge in [0.15, 0.2) is 6.61 Å². The van der Waals surface area contributed by atoms with E-state index in [9.17, 15) is 4.79 Å². The molecule has 2 aromatic rings. The second-order valence-corrected chi connectivity index (χ2v) is 4.15. The van der Waals surface area contributed by atoms with Crippen molar-refractivity contribution in [2.45, 2.75) is 6.92 Å². The number of aryl methyl sites for hydroxylation is 1. The lowest BCUT2D eigenvalue weighted by Gasteiger charge is -2.07. The van der Waals surface area contributed by atoms with E-state index in [0.717, 1.165) is 5.56 Å². The van der Waals surface area contributed by atoms with E-state index in [1.165, 1.54) is 0 Å². The largest absolute Gasteiger partial charge is 0.482 e. The van der Waals surface area contributed by atoms with Gasteiger partial charge in [0.05, 0.1) is 0 Å². The Morgan fingerprint density at radius 3 is 2.53 bits per heavy atom. The summed E-state index contributed by atoms with van der Waals surface area (Å²) in [6, 6.07) is 14.1. The molecule has 0 saturated carbocycles. The van der Waals surface area contributed by atoms with Crippen LogP contribution in [0.3, 0.4) is 0 Å². The molecule has 0 atom stereocenters. The first kappa shape index (κ1) is 13.0. The number of carbonyl (C=O) groups is 1. The van der Waals surface area contributed by atoms with Gasteiger partial charge in [-0.2, -0.15) is 0 Å². The molecule has 2 rings (SSSR count). The summed E-state index contributed by atoms with van der Waals surface area (Å²) in [6.45, 7) is 1.81. The minimum atomic E-state index is -0.453. The molecule has 0 fully saturated rings. The predicted molar refractivity (Wildman–Crippen MR) is 73.2 cm³/mol. The second kappa shape index (κ2) is 5.91. The third-order valence-electron chi connectivity index (χ3n) is 2.47. The van der Waals surface area contributed by atoms with Crippen LogP contribution in [0.4, 0.5) is 5.69 Å². The zero-order valence-electron chi connectivity index (χ0n) is 10.6. The van der Waals surface area contributed by atoms with Crippen LogP contribution in [0.5, 0.6) is 11.5 Å². The third-order valence-corrected chi connectivity index (χ3v) is 2.47. The highest BCUT2D eigenvalue weighted by molar-refractivity contribution is 5.74. The molecular formula is C15H15NO3. The number of nitrogens with two attached hydrogens (primary N) is 1. The van der Waals surface area contributed by atoms with Crippen molar-refractivity contribution < 1.29 is 14.3 Å². The molecule has 0 aliphatic heterocycles. The van der Waals surface area contributed by atoms with Crippen molar-refractivity contribution in [1.29, 1.82) is 0 Å². The molecule has 0 heterocycles. The van der Waals surface area contributed by atoms with Crippen LogP contribution >= 0.6 is 0 Å². The van der Waals surface area contributed by atoms with Gasteiger partial charge in [0.2, 0.25) is 0 Å². The maximum Gasteiger partial charge on any atom is 0.349 e. The lowest BCUT2D eigenvalue weighted by atomic mass is 10.2. The van der Waals surface area contributed by atoms with Gasteiger partial charge in [-0.15, -0.1) is 0 Å². The second-order valence-electron chi connectivity index (χ2n) is 4.15. The molecule has 98 valence electrons. The fourth-order valence-corrected chi connectivity index (χ4v) is 1.51. The lowest BCUT2D eigenvalue weighted by molar-refractivity contribution is -0.136. The van der Waals surface area contributed by atoms with Crippen molar-refractivity contribution in [3.63, 3.8) is 0 Å². The van der Waals surface area contributed by atoms with Gasteiger partial charge in [-0.25, -0.2) is 4.79 Å². The summed E-state index contributed by atoms with van der Waals surface area (Å²) in [5.74, 6) is 0.596.